The molecule has 0 radical (unpaired) electrons. The topological polar surface area (TPSA) is 136 Å². The lowest BCUT2D eigenvalue weighted by molar-refractivity contribution is 0.102. The van der Waals surface area contributed by atoms with E-state index in [9.17, 15) is 9.90 Å². The molecular weight excluding hydrogens is 408 g/mol. The molecule has 0 spiro atoms. The maximum absolute atomic E-state index is 12.9. The number of hydrogen-bond donors (Lipinski definition) is 3. The van der Waals surface area contributed by atoms with E-state index in [1.54, 1.807) is 48.5 Å². The van der Waals surface area contributed by atoms with Crippen LogP contribution in [-0.4, -0.2) is 27.8 Å². The van der Waals surface area contributed by atoms with Crippen LogP contribution in [0.15, 0.2) is 71.0 Å². The minimum Gasteiger partial charge on any atom is -0.505 e. The third kappa shape index (κ3) is 4.11. The van der Waals surface area contributed by atoms with Crippen molar-refractivity contribution in [3.8, 4) is 17.6 Å². The number of phenolic OH excluding ortho intramolecular Hbond substituents is 1. The van der Waals surface area contributed by atoms with Crippen LogP contribution >= 0.6 is 0 Å². The molecule has 0 atom stereocenters. The van der Waals surface area contributed by atoms with Gasteiger partial charge in [0.05, 0.1) is 18.4 Å². The summed E-state index contributed by atoms with van der Waals surface area (Å²) in [4.78, 5) is 12.9. The Morgan fingerprint density at radius 2 is 2.00 bits per heavy atom. The Bertz CT molecular complexity index is 1350. The molecule has 0 aliphatic rings. The first-order chi connectivity index (χ1) is 15.6. The summed E-state index contributed by atoms with van der Waals surface area (Å²) < 4.78 is 5.40. The number of aromatic hydroxyl groups is 1. The van der Waals surface area contributed by atoms with Crippen LogP contribution in [0.5, 0.6) is 11.5 Å². The van der Waals surface area contributed by atoms with E-state index in [4.69, 9.17) is 10.00 Å². The molecule has 3 N–H and O–H groups in total. The first-order valence-electron chi connectivity index (χ1n) is 9.75. The van der Waals surface area contributed by atoms with E-state index in [-0.39, 0.29) is 28.4 Å². The number of carbonyl (C=O) groups is 1. The fourth-order valence-electron chi connectivity index (χ4n) is 3.13. The van der Waals surface area contributed by atoms with Crippen LogP contribution in [-0.2, 0) is 0 Å². The number of anilines is 1. The van der Waals surface area contributed by atoms with Gasteiger partial charge in [-0.15, -0.1) is 10.2 Å². The van der Waals surface area contributed by atoms with Gasteiger partial charge in [0, 0.05) is 11.1 Å². The van der Waals surface area contributed by atoms with Gasteiger partial charge >= 0.3 is 0 Å². The Balaban J connectivity index is 1.71. The molecule has 9 nitrogen and oxygen atoms in total. The second-order valence-electron chi connectivity index (χ2n) is 6.70. The Morgan fingerprint density at radius 3 is 2.75 bits per heavy atom. The lowest BCUT2D eigenvalue weighted by atomic mass is 10.0. The van der Waals surface area contributed by atoms with Crippen molar-refractivity contribution in [2.45, 2.75) is 6.92 Å². The summed E-state index contributed by atoms with van der Waals surface area (Å²) in [5.41, 5.74) is 0.905. The quantitative estimate of drug-likeness (QED) is 0.364. The van der Waals surface area contributed by atoms with E-state index in [1.807, 2.05) is 19.1 Å². The van der Waals surface area contributed by atoms with Gasteiger partial charge in [-0.25, -0.2) is 0 Å². The molecular formula is C23H18N6O3. The summed E-state index contributed by atoms with van der Waals surface area (Å²) >= 11 is 0. The number of ether oxygens (including phenoxy) is 1. The number of phenols is 1. The predicted octanol–water partition coefficient (Wildman–Crippen LogP) is 5.21. The van der Waals surface area contributed by atoms with Crippen LogP contribution < -0.4 is 10.1 Å². The molecule has 1 amide bonds. The Kier molecular flexibility index (Phi) is 5.76. The van der Waals surface area contributed by atoms with E-state index >= 15 is 0 Å². The molecule has 158 valence electrons. The van der Waals surface area contributed by atoms with Crippen LogP contribution in [0.1, 0.15) is 22.8 Å². The monoisotopic (exact) mass is 426 g/mol. The molecule has 3 aromatic carbocycles. The molecule has 0 fully saturated rings. The van der Waals surface area contributed by atoms with Crippen molar-refractivity contribution in [2.75, 3.05) is 11.9 Å². The average Bonchev–Trinajstić information content (AvgIpc) is 3.27. The Labute approximate surface area is 183 Å². The second kappa shape index (κ2) is 8.97. The highest BCUT2D eigenvalue weighted by molar-refractivity contribution is 6.11. The van der Waals surface area contributed by atoms with Crippen molar-refractivity contribution < 1.29 is 14.6 Å². The summed E-state index contributed by atoms with van der Waals surface area (Å²) in [6.45, 7) is 2.43. The fourth-order valence-corrected chi connectivity index (χ4v) is 3.13. The number of nitrogens with one attached hydrogen (secondary N) is 2. The molecule has 1 aromatic heterocycles. The zero-order valence-electron chi connectivity index (χ0n) is 17.0. The normalized spacial score (nSPS) is 10.9. The lowest BCUT2D eigenvalue weighted by Crippen LogP contribution is -2.12. The van der Waals surface area contributed by atoms with Crippen LogP contribution in [0, 0.1) is 11.3 Å². The van der Waals surface area contributed by atoms with Crippen LogP contribution in [0.4, 0.5) is 17.2 Å². The average molecular weight is 426 g/mol. The van der Waals surface area contributed by atoms with E-state index in [2.05, 4.69) is 25.7 Å². The number of nitrogens with zero attached hydrogens (tertiary/aromatic N) is 4. The van der Waals surface area contributed by atoms with Crippen molar-refractivity contribution in [3.63, 3.8) is 0 Å². The molecule has 4 rings (SSSR count). The molecule has 0 saturated carbocycles. The molecule has 4 aromatic rings. The number of benzene rings is 3. The number of aromatic nitrogens is 2. The second-order valence-corrected chi connectivity index (χ2v) is 6.70. The molecule has 0 bridgehead atoms. The van der Waals surface area contributed by atoms with Gasteiger partial charge in [-0.1, -0.05) is 24.3 Å². The zero-order chi connectivity index (χ0) is 22.5. The highest BCUT2D eigenvalue weighted by Crippen LogP contribution is 2.39. The van der Waals surface area contributed by atoms with Crippen LogP contribution in [0.3, 0.4) is 0 Å². The van der Waals surface area contributed by atoms with Gasteiger partial charge in [0.2, 0.25) is 0 Å². The number of fused-ring (bicyclic) bond motifs is 1. The maximum atomic E-state index is 12.9. The molecule has 0 saturated heterocycles. The Morgan fingerprint density at radius 1 is 1.22 bits per heavy atom. The number of aromatic amines is 1. The summed E-state index contributed by atoms with van der Waals surface area (Å²) in [6.07, 6.45) is 1.33. The van der Waals surface area contributed by atoms with E-state index < -0.39 is 5.91 Å². The standard InChI is InChI=1S/C23H18N6O3/c1-2-32-17-9-7-16(8-10-17)26-23(31)19-11-14-5-3-4-6-18(14)20(21(19)30)27-29-22-15(12-24)13-25-28-22/h3-11,13,30H,2H2,1H3,(H,25,28)(H,26,31). The first-order valence-corrected chi connectivity index (χ1v) is 9.75. The fraction of sp³-hybridized carbons (Fsp3) is 0.0870. The molecule has 1 heterocycles. The van der Waals surface area contributed by atoms with E-state index in [0.717, 1.165) is 0 Å². The van der Waals surface area contributed by atoms with Gasteiger partial charge in [-0.3, -0.25) is 9.89 Å². The van der Waals surface area contributed by atoms with Crippen molar-refractivity contribution in [2.24, 2.45) is 10.2 Å². The SMILES string of the molecule is CCOc1ccc(NC(=O)c2cc3ccccc3c(N=Nc3[nH]ncc3C#N)c2O)cc1. The molecule has 0 aliphatic carbocycles. The van der Waals surface area contributed by atoms with Gasteiger partial charge in [0.1, 0.15) is 23.1 Å². The lowest BCUT2D eigenvalue weighted by Gasteiger charge is -2.11. The number of rotatable bonds is 6. The maximum Gasteiger partial charge on any atom is 0.259 e. The highest BCUT2D eigenvalue weighted by atomic mass is 16.5. The number of amides is 1. The smallest absolute Gasteiger partial charge is 0.259 e. The number of hydrogen-bond acceptors (Lipinski definition) is 7. The van der Waals surface area contributed by atoms with E-state index in [0.29, 0.717) is 28.8 Å². The number of azo groups is 1. The summed E-state index contributed by atoms with van der Waals surface area (Å²) in [5.74, 6) is 0.0135. The van der Waals surface area contributed by atoms with Gasteiger partial charge < -0.3 is 15.2 Å². The third-order valence-electron chi connectivity index (χ3n) is 4.65. The molecule has 9 heteroatoms. The Hall–Kier alpha value is -4.71. The van der Waals surface area contributed by atoms with Crippen LogP contribution in [0.25, 0.3) is 10.8 Å². The van der Waals surface area contributed by atoms with Gasteiger partial charge in [0.25, 0.3) is 5.91 Å². The minimum atomic E-state index is -0.506. The third-order valence-corrected chi connectivity index (χ3v) is 4.65. The molecule has 0 unspecified atom stereocenters. The zero-order valence-corrected chi connectivity index (χ0v) is 17.0. The number of carbonyl (C=O) groups excluding carboxylic acids is 1. The predicted molar refractivity (Wildman–Crippen MR) is 119 cm³/mol. The highest BCUT2D eigenvalue weighted by Gasteiger charge is 2.19. The van der Waals surface area contributed by atoms with Crippen molar-refractivity contribution in [1.29, 1.82) is 5.26 Å². The van der Waals surface area contributed by atoms with Gasteiger partial charge in [-0.2, -0.15) is 10.4 Å². The van der Waals surface area contributed by atoms with E-state index in [1.165, 1.54) is 6.20 Å². The summed E-state index contributed by atoms with van der Waals surface area (Å²) in [7, 11) is 0. The van der Waals surface area contributed by atoms with Crippen molar-refractivity contribution >= 4 is 33.9 Å². The van der Waals surface area contributed by atoms with Crippen molar-refractivity contribution in [3.05, 3.63) is 71.9 Å². The van der Waals surface area contributed by atoms with Gasteiger partial charge in [0.15, 0.2) is 11.6 Å². The summed E-state index contributed by atoms with van der Waals surface area (Å²) in [6, 6.07) is 17.6. The molecule has 0 aliphatic heterocycles. The van der Waals surface area contributed by atoms with Crippen molar-refractivity contribution in [1.82, 2.24) is 10.2 Å². The number of H-pyrrole nitrogens is 1. The largest absolute Gasteiger partial charge is 0.505 e. The molecule has 32 heavy (non-hydrogen) atoms. The minimum absolute atomic E-state index is 0.0386. The van der Waals surface area contributed by atoms with Gasteiger partial charge in [-0.05, 0) is 42.6 Å². The van der Waals surface area contributed by atoms with Crippen LogP contribution in [0.2, 0.25) is 0 Å². The first kappa shape index (κ1) is 20.6. The number of nitriles is 1. The summed E-state index contributed by atoms with van der Waals surface area (Å²) in [5, 5.41) is 38.5.